The molecule has 0 radical (unpaired) electrons. The maximum Gasteiger partial charge on any atom is 0.0176 e. The van der Waals surface area contributed by atoms with Gasteiger partial charge in [-0.15, -0.1) is 11.8 Å². The summed E-state index contributed by atoms with van der Waals surface area (Å²) in [7, 11) is 0. The Balaban J connectivity index is 1.77. The summed E-state index contributed by atoms with van der Waals surface area (Å²) < 4.78 is 1.16. The first kappa shape index (κ1) is 14.4. The van der Waals surface area contributed by atoms with Crippen LogP contribution in [0.4, 0.5) is 0 Å². The van der Waals surface area contributed by atoms with Gasteiger partial charge in [0.15, 0.2) is 0 Å². The molecule has 100 valence electrons. The maximum atomic E-state index is 3.69. The van der Waals surface area contributed by atoms with Gasteiger partial charge >= 0.3 is 0 Å². The summed E-state index contributed by atoms with van der Waals surface area (Å²) in [6.07, 6.45) is 5.49. The smallest absolute Gasteiger partial charge is 0.0176 e. The van der Waals surface area contributed by atoms with Crippen molar-refractivity contribution < 1.29 is 0 Å². The second-order valence-corrected chi connectivity index (χ2v) is 7.10. The van der Waals surface area contributed by atoms with Gasteiger partial charge in [-0.3, -0.25) is 0 Å². The molecule has 0 aromatic heterocycles. The Morgan fingerprint density at radius 3 is 2.67 bits per heavy atom. The topological polar surface area (TPSA) is 12.0 Å². The average molecular weight is 328 g/mol. The van der Waals surface area contributed by atoms with E-state index in [-0.39, 0.29) is 0 Å². The number of rotatable bonds is 8. The highest BCUT2D eigenvalue weighted by Crippen LogP contribution is 2.34. The van der Waals surface area contributed by atoms with Gasteiger partial charge in [0.25, 0.3) is 0 Å². The number of hydrogen-bond donors (Lipinski definition) is 1. The van der Waals surface area contributed by atoms with Crippen molar-refractivity contribution in [3.05, 3.63) is 28.7 Å². The lowest BCUT2D eigenvalue weighted by Crippen LogP contribution is -2.32. The van der Waals surface area contributed by atoms with E-state index >= 15 is 0 Å². The van der Waals surface area contributed by atoms with Crippen LogP contribution in [0.25, 0.3) is 0 Å². The quantitative estimate of drug-likeness (QED) is 0.694. The first-order chi connectivity index (χ1) is 8.78. The van der Waals surface area contributed by atoms with Crippen LogP contribution in [0.15, 0.2) is 33.6 Å². The Bertz CT molecular complexity index is 348. The molecule has 1 nitrogen and oxygen atoms in total. The minimum atomic E-state index is 0.686. The highest BCUT2D eigenvalue weighted by Gasteiger charge is 2.25. The zero-order valence-corrected chi connectivity index (χ0v) is 13.4. The van der Waals surface area contributed by atoms with Crippen molar-refractivity contribution in [2.24, 2.45) is 5.92 Å². The van der Waals surface area contributed by atoms with E-state index in [2.05, 4.69) is 52.4 Å². The number of benzene rings is 1. The number of hydrogen-bond acceptors (Lipinski definition) is 2. The fourth-order valence-corrected chi connectivity index (χ4v) is 3.28. The molecule has 1 atom stereocenters. The van der Waals surface area contributed by atoms with Gasteiger partial charge in [0.2, 0.25) is 0 Å². The van der Waals surface area contributed by atoms with Crippen LogP contribution in [0.1, 0.15) is 32.6 Å². The summed E-state index contributed by atoms with van der Waals surface area (Å²) in [6.45, 7) is 3.39. The molecule has 18 heavy (non-hydrogen) atoms. The van der Waals surface area contributed by atoms with Crippen molar-refractivity contribution in [3.63, 3.8) is 0 Å². The van der Waals surface area contributed by atoms with E-state index in [0.29, 0.717) is 6.04 Å². The summed E-state index contributed by atoms with van der Waals surface area (Å²) in [5, 5.41) is 3.69. The lowest BCUT2D eigenvalue weighted by Gasteiger charge is -2.17. The highest BCUT2D eigenvalue weighted by molar-refractivity contribution is 9.10. The van der Waals surface area contributed by atoms with Crippen LogP contribution in [0, 0.1) is 5.92 Å². The van der Waals surface area contributed by atoms with Gasteiger partial charge in [-0.25, -0.2) is 0 Å². The zero-order chi connectivity index (χ0) is 12.8. The molecule has 1 aromatic carbocycles. The molecule has 0 amide bonds. The molecular formula is C15H22BrNS. The normalized spacial score (nSPS) is 16.8. The van der Waals surface area contributed by atoms with E-state index in [1.54, 1.807) is 0 Å². The number of thioether (sulfide) groups is 1. The number of halogens is 1. The SMILES string of the molecule is CCCNC(CSc1ccc(Br)cc1)CC1CC1. The van der Waals surface area contributed by atoms with Gasteiger partial charge in [-0.2, -0.15) is 0 Å². The van der Waals surface area contributed by atoms with E-state index in [4.69, 9.17) is 0 Å². The third-order valence-corrected chi connectivity index (χ3v) is 4.97. The van der Waals surface area contributed by atoms with Gasteiger partial charge in [-0.1, -0.05) is 35.7 Å². The molecule has 1 aromatic rings. The van der Waals surface area contributed by atoms with Crippen LogP contribution in [-0.4, -0.2) is 18.3 Å². The van der Waals surface area contributed by atoms with E-state index in [1.165, 1.54) is 36.3 Å². The van der Waals surface area contributed by atoms with Crippen molar-refractivity contribution in [3.8, 4) is 0 Å². The van der Waals surface area contributed by atoms with Crippen LogP contribution in [-0.2, 0) is 0 Å². The largest absolute Gasteiger partial charge is 0.313 e. The lowest BCUT2D eigenvalue weighted by atomic mass is 10.1. The van der Waals surface area contributed by atoms with E-state index in [1.807, 2.05) is 11.8 Å². The predicted molar refractivity (Wildman–Crippen MR) is 84.3 cm³/mol. The maximum absolute atomic E-state index is 3.69. The fourth-order valence-electron chi connectivity index (χ4n) is 2.04. The molecule has 0 spiro atoms. The molecular weight excluding hydrogens is 306 g/mol. The minimum absolute atomic E-state index is 0.686. The summed E-state index contributed by atoms with van der Waals surface area (Å²) in [4.78, 5) is 1.37. The molecule has 0 aliphatic heterocycles. The monoisotopic (exact) mass is 327 g/mol. The van der Waals surface area contributed by atoms with Crippen molar-refractivity contribution in [2.75, 3.05) is 12.3 Å². The standard InChI is InChI=1S/C15H22BrNS/c1-2-9-17-14(10-12-3-4-12)11-18-15-7-5-13(16)6-8-15/h5-8,12,14,17H,2-4,9-11H2,1H3. The summed E-state index contributed by atoms with van der Waals surface area (Å²) in [5.41, 5.74) is 0. The fraction of sp³-hybridized carbons (Fsp3) is 0.600. The van der Waals surface area contributed by atoms with Gasteiger partial charge in [0.1, 0.15) is 0 Å². The molecule has 1 aliphatic carbocycles. The second kappa shape index (κ2) is 7.56. The minimum Gasteiger partial charge on any atom is -0.313 e. The molecule has 1 N–H and O–H groups in total. The van der Waals surface area contributed by atoms with Crippen LogP contribution >= 0.6 is 27.7 Å². The van der Waals surface area contributed by atoms with Crippen LogP contribution in [0.5, 0.6) is 0 Å². The third-order valence-electron chi connectivity index (χ3n) is 3.26. The molecule has 3 heteroatoms. The summed E-state index contributed by atoms with van der Waals surface area (Å²) in [5.74, 6) is 2.20. The Hall–Kier alpha value is 0.01000. The van der Waals surface area contributed by atoms with Gasteiger partial charge < -0.3 is 5.32 Å². The Kier molecular flexibility index (Phi) is 6.06. The first-order valence-electron chi connectivity index (χ1n) is 6.89. The van der Waals surface area contributed by atoms with E-state index < -0.39 is 0 Å². The van der Waals surface area contributed by atoms with Crippen molar-refractivity contribution in [2.45, 2.75) is 43.5 Å². The zero-order valence-electron chi connectivity index (χ0n) is 11.0. The Morgan fingerprint density at radius 2 is 2.06 bits per heavy atom. The summed E-state index contributed by atoms with van der Waals surface area (Å²) in [6, 6.07) is 9.33. The molecule has 2 rings (SSSR count). The van der Waals surface area contributed by atoms with Crippen molar-refractivity contribution in [1.29, 1.82) is 0 Å². The average Bonchev–Trinajstić information content (AvgIpc) is 3.18. The van der Waals surface area contributed by atoms with E-state index in [0.717, 1.165) is 16.9 Å². The lowest BCUT2D eigenvalue weighted by molar-refractivity contribution is 0.494. The molecule has 1 aliphatic rings. The Labute approximate surface area is 123 Å². The molecule has 1 fully saturated rings. The van der Waals surface area contributed by atoms with Crippen molar-refractivity contribution >= 4 is 27.7 Å². The molecule has 1 saturated carbocycles. The number of nitrogens with one attached hydrogen (secondary N) is 1. The predicted octanol–water partition coefficient (Wildman–Crippen LogP) is 4.71. The first-order valence-corrected chi connectivity index (χ1v) is 8.67. The van der Waals surface area contributed by atoms with E-state index in [9.17, 15) is 0 Å². The molecule has 1 unspecified atom stereocenters. The van der Waals surface area contributed by atoms with Gasteiger partial charge in [0, 0.05) is 21.2 Å². The van der Waals surface area contributed by atoms with Crippen LogP contribution in [0.2, 0.25) is 0 Å². The van der Waals surface area contributed by atoms with Crippen LogP contribution in [0.3, 0.4) is 0 Å². The van der Waals surface area contributed by atoms with Gasteiger partial charge in [-0.05, 0) is 49.6 Å². The van der Waals surface area contributed by atoms with Crippen LogP contribution < -0.4 is 5.32 Å². The Morgan fingerprint density at radius 1 is 1.33 bits per heavy atom. The molecule has 0 bridgehead atoms. The summed E-state index contributed by atoms with van der Waals surface area (Å²) >= 11 is 5.45. The highest BCUT2D eigenvalue weighted by atomic mass is 79.9. The second-order valence-electron chi connectivity index (χ2n) is 5.10. The van der Waals surface area contributed by atoms with Gasteiger partial charge in [0.05, 0.1) is 0 Å². The third kappa shape index (κ3) is 5.33. The molecule has 0 heterocycles. The van der Waals surface area contributed by atoms with Crippen molar-refractivity contribution in [1.82, 2.24) is 5.32 Å². The molecule has 0 saturated heterocycles.